The first kappa shape index (κ1) is 18.4. The van der Waals surface area contributed by atoms with Gasteiger partial charge in [0.25, 0.3) is 0 Å². The Balaban J connectivity index is 3.08. The summed E-state index contributed by atoms with van der Waals surface area (Å²) >= 11 is 6.31. The predicted octanol–water partition coefficient (Wildman–Crippen LogP) is 3.43. The molecule has 1 rings (SSSR count). The topological polar surface area (TPSA) is 81.6 Å². The fourth-order valence-electron chi connectivity index (χ4n) is 2.48. The lowest BCUT2D eigenvalue weighted by molar-refractivity contribution is 0.0461. The van der Waals surface area contributed by atoms with E-state index in [0.29, 0.717) is 23.0 Å². The highest BCUT2D eigenvalue weighted by atomic mass is 35.5. The molecular weight excluding hydrogens is 302 g/mol. The monoisotopic (exact) mass is 327 g/mol. The predicted molar refractivity (Wildman–Crippen MR) is 92.4 cm³/mol. The second kappa shape index (κ2) is 7.09. The van der Waals surface area contributed by atoms with E-state index in [2.05, 4.69) is 18.7 Å². The van der Waals surface area contributed by atoms with Crippen LogP contribution in [-0.2, 0) is 11.2 Å². The molecule has 5 nitrogen and oxygen atoms in total. The fourth-order valence-corrected chi connectivity index (χ4v) is 2.80. The van der Waals surface area contributed by atoms with Crippen LogP contribution in [0.15, 0.2) is 12.1 Å². The molecule has 22 heavy (non-hydrogen) atoms. The maximum atomic E-state index is 11.0. The number of ether oxygens (including phenoxy) is 1. The lowest BCUT2D eigenvalue weighted by Gasteiger charge is -2.27. The maximum Gasteiger partial charge on any atom is 0.405 e. The number of carbonyl (C=O) groups excluding carboxylic acids is 1. The van der Waals surface area contributed by atoms with E-state index in [0.717, 1.165) is 17.8 Å². The molecule has 1 aromatic rings. The van der Waals surface area contributed by atoms with Crippen LogP contribution < -0.4 is 16.4 Å². The van der Waals surface area contributed by atoms with Gasteiger partial charge in [-0.05, 0) is 37.5 Å². The highest BCUT2D eigenvalue weighted by molar-refractivity contribution is 6.33. The summed E-state index contributed by atoms with van der Waals surface area (Å²) in [6, 6.07) is 3.69. The SMILES string of the molecule is CC(C)CN(C)c1cc(CC(C)(C)OC(N)=O)c(N)cc1Cl. The van der Waals surface area contributed by atoms with Gasteiger partial charge in [-0.1, -0.05) is 25.4 Å². The summed E-state index contributed by atoms with van der Waals surface area (Å²) in [6.07, 6.45) is -0.337. The molecule has 0 bridgehead atoms. The van der Waals surface area contributed by atoms with Crippen LogP contribution in [0.4, 0.5) is 16.2 Å². The van der Waals surface area contributed by atoms with Crippen LogP contribution in [0.5, 0.6) is 0 Å². The van der Waals surface area contributed by atoms with Gasteiger partial charge in [0, 0.05) is 25.7 Å². The number of benzene rings is 1. The van der Waals surface area contributed by atoms with Gasteiger partial charge in [0.15, 0.2) is 0 Å². The van der Waals surface area contributed by atoms with Crippen LogP contribution in [-0.4, -0.2) is 25.3 Å². The summed E-state index contributed by atoms with van der Waals surface area (Å²) in [5.41, 5.74) is 12.8. The summed E-state index contributed by atoms with van der Waals surface area (Å²) in [6.45, 7) is 8.76. The highest BCUT2D eigenvalue weighted by Gasteiger charge is 2.24. The van der Waals surface area contributed by atoms with Gasteiger partial charge < -0.3 is 21.1 Å². The zero-order valence-corrected chi connectivity index (χ0v) is 14.7. The third-order valence-corrected chi connectivity index (χ3v) is 3.55. The van der Waals surface area contributed by atoms with Crippen LogP contribution in [0, 0.1) is 5.92 Å². The molecule has 6 heteroatoms. The summed E-state index contributed by atoms with van der Waals surface area (Å²) in [7, 11) is 1.99. The molecule has 0 aliphatic heterocycles. The number of rotatable bonds is 6. The molecule has 0 aliphatic carbocycles. The van der Waals surface area contributed by atoms with Crippen LogP contribution in [0.3, 0.4) is 0 Å². The fraction of sp³-hybridized carbons (Fsp3) is 0.562. The zero-order valence-electron chi connectivity index (χ0n) is 13.9. The van der Waals surface area contributed by atoms with Crippen LogP contribution in [0.2, 0.25) is 5.02 Å². The molecule has 0 saturated carbocycles. The van der Waals surface area contributed by atoms with Crippen molar-refractivity contribution in [3.8, 4) is 0 Å². The van der Waals surface area contributed by atoms with Gasteiger partial charge in [-0.15, -0.1) is 0 Å². The molecule has 124 valence electrons. The number of carbonyl (C=O) groups is 1. The van der Waals surface area contributed by atoms with Crippen molar-refractivity contribution in [3.63, 3.8) is 0 Å². The Morgan fingerprint density at radius 1 is 1.41 bits per heavy atom. The summed E-state index contributed by atoms with van der Waals surface area (Å²) < 4.78 is 5.13. The lowest BCUT2D eigenvalue weighted by Crippen LogP contribution is -2.33. The van der Waals surface area contributed by atoms with Gasteiger partial charge >= 0.3 is 6.09 Å². The van der Waals surface area contributed by atoms with Gasteiger partial charge in [-0.25, -0.2) is 4.79 Å². The number of amides is 1. The molecule has 0 saturated heterocycles. The first-order chi connectivity index (χ1) is 10.0. The van der Waals surface area contributed by atoms with E-state index in [4.69, 9.17) is 27.8 Å². The van der Waals surface area contributed by atoms with Gasteiger partial charge in [0.2, 0.25) is 0 Å². The first-order valence-corrected chi connectivity index (χ1v) is 7.67. The quantitative estimate of drug-likeness (QED) is 0.784. The van der Waals surface area contributed by atoms with E-state index >= 15 is 0 Å². The molecule has 0 spiro atoms. The van der Waals surface area contributed by atoms with E-state index in [1.807, 2.05) is 13.1 Å². The molecule has 4 N–H and O–H groups in total. The van der Waals surface area contributed by atoms with Crippen molar-refractivity contribution in [1.29, 1.82) is 0 Å². The number of nitrogens with zero attached hydrogens (tertiary/aromatic N) is 1. The van der Waals surface area contributed by atoms with E-state index in [1.165, 1.54) is 0 Å². The van der Waals surface area contributed by atoms with Gasteiger partial charge in [-0.3, -0.25) is 0 Å². The second-order valence-electron chi connectivity index (χ2n) is 6.63. The average Bonchev–Trinajstić information content (AvgIpc) is 2.29. The third kappa shape index (κ3) is 5.30. The normalized spacial score (nSPS) is 11.6. The van der Waals surface area contributed by atoms with Gasteiger partial charge in [-0.2, -0.15) is 0 Å². The first-order valence-electron chi connectivity index (χ1n) is 7.29. The Bertz CT molecular complexity index is 544. The summed E-state index contributed by atoms with van der Waals surface area (Å²) in [4.78, 5) is 13.1. The van der Waals surface area contributed by atoms with Crippen LogP contribution in [0.1, 0.15) is 33.3 Å². The molecule has 0 radical (unpaired) electrons. The Morgan fingerprint density at radius 3 is 2.50 bits per heavy atom. The Hall–Kier alpha value is -1.62. The molecule has 0 unspecified atom stereocenters. The standard InChI is InChI=1S/C16H26ClN3O2/c1-10(2)9-20(5)14-6-11(13(18)7-12(14)17)8-16(3,4)22-15(19)21/h6-7,10H,8-9,18H2,1-5H3,(H2,19,21). The number of anilines is 2. The molecule has 1 aromatic carbocycles. The minimum atomic E-state index is -0.797. The van der Waals surface area contributed by atoms with Crippen molar-refractivity contribution < 1.29 is 9.53 Å². The summed E-state index contributed by atoms with van der Waals surface area (Å²) in [5.74, 6) is 0.511. The molecular formula is C16H26ClN3O2. The molecule has 0 heterocycles. The van der Waals surface area contributed by atoms with E-state index in [9.17, 15) is 4.79 Å². The molecule has 0 fully saturated rings. The van der Waals surface area contributed by atoms with E-state index in [1.54, 1.807) is 19.9 Å². The third-order valence-electron chi connectivity index (χ3n) is 3.25. The van der Waals surface area contributed by atoms with Gasteiger partial charge in [0.1, 0.15) is 5.60 Å². The number of primary amides is 1. The van der Waals surface area contributed by atoms with Crippen molar-refractivity contribution >= 4 is 29.1 Å². The van der Waals surface area contributed by atoms with Crippen molar-refractivity contribution in [2.75, 3.05) is 24.2 Å². The van der Waals surface area contributed by atoms with Gasteiger partial charge in [0.05, 0.1) is 10.7 Å². The number of nitrogens with two attached hydrogens (primary N) is 2. The zero-order chi connectivity index (χ0) is 17.1. The number of hydrogen-bond acceptors (Lipinski definition) is 4. The number of nitrogen functional groups attached to an aromatic ring is 1. The van der Waals surface area contributed by atoms with Crippen molar-refractivity contribution in [2.45, 2.75) is 39.7 Å². The number of halogens is 1. The Kier molecular flexibility index (Phi) is 5.94. The van der Waals surface area contributed by atoms with E-state index < -0.39 is 11.7 Å². The maximum absolute atomic E-state index is 11.0. The lowest BCUT2D eigenvalue weighted by atomic mass is 9.96. The Morgan fingerprint density at radius 2 is 2.00 bits per heavy atom. The number of hydrogen-bond donors (Lipinski definition) is 2. The minimum absolute atomic E-state index is 0.460. The van der Waals surface area contributed by atoms with Crippen molar-refractivity contribution in [3.05, 3.63) is 22.7 Å². The van der Waals surface area contributed by atoms with Crippen LogP contribution >= 0.6 is 11.6 Å². The van der Waals surface area contributed by atoms with Crippen LogP contribution in [0.25, 0.3) is 0 Å². The summed E-state index contributed by atoms with van der Waals surface area (Å²) in [5, 5.41) is 0.609. The smallest absolute Gasteiger partial charge is 0.405 e. The highest BCUT2D eigenvalue weighted by Crippen LogP contribution is 2.33. The van der Waals surface area contributed by atoms with Crippen molar-refractivity contribution in [2.24, 2.45) is 11.7 Å². The van der Waals surface area contributed by atoms with E-state index in [-0.39, 0.29) is 0 Å². The largest absolute Gasteiger partial charge is 0.443 e. The average molecular weight is 328 g/mol. The molecule has 0 aromatic heterocycles. The minimum Gasteiger partial charge on any atom is -0.443 e. The molecule has 0 aliphatic rings. The Labute approximate surface area is 137 Å². The molecule has 0 atom stereocenters. The second-order valence-corrected chi connectivity index (χ2v) is 7.04. The molecule has 1 amide bonds. The van der Waals surface area contributed by atoms with Crippen molar-refractivity contribution in [1.82, 2.24) is 0 Å².